The van der Waals surface area contributed by atoms with Gasteiger partial charge >= 0.3 is 5.97 Å². The fourth-order valence-corrected chi connectivity index (χ4v) is 1.37. The summed E-state index contributed by atoms with van der Waals surface area (Å²) < 4.78 is 5.34. The Morgan fingerprint density at radius 2 is 2.21 bits per heavy atom. The Morgan fingerprint density at radius 1 is 1.47 bits per heavy atom. The van der Waals surface area contributed by atoms with Crippen molar-refractivity contribution in [2.75, 3.05) is 6.61 Å². The minimum atomic E-state index is -1.07. The van der Waals surface area contributed by atoms with E-state index < -0.39 is 17.9 Å². The molecule has 5 heteroatoms. The highest BCUT2D eigenvalue weighted by molar-refractivity contribution is 5.94. The smallest absolute Gasteiger partial charge is 0.325 e. The van der Waals surface area contributed by atoms with Gasteiger partial charge in [0.05, 0.1) is 6.61 Å². The molecule has 0 heterocycles. The van der Waals surface area contributed by atoms with Crippen molar-refractivity contribution in [2.24, 2.45) is 0 Å². The summed E-state index contributed by atoms with van der Waals surface area (Å²) in [7, 11) is 0. The summed E-state index contributed by atoms with van der Waals surface area (Å²) in [6.45, 7) is 3.87. The van der Waals surface area contributed by atoms with Gasteiger partial charge < -0.3 is 15.2 Å². The van der Waals surface area contributed by atoms with Crippen LogP contribution in [0.5, 0.6) is 5.75 Å². The van der Waals surface area contributed by atoms with Crippen LogP contribution in [0, 0.1) is 0 Å². The maximum Gasteiger partial charge on any atom is 0.325 e. The van der Waals surface area contributed by atoms with Crippen molar-refractivity contribution in [2.45, 2.75) is 19.9 Å². The molecular formula is C14H17NO4. The number of carboxylic acids is 1. The van der Waals surface area contributed by atoms with Gasteiger partial charge in [0, 0.05) is 6.08 Å². The zero-order valence-corrected chi connectivity index (χ0v) is 10.9. The SMILES string of the molecule is CCOc1cccc(/C=C/C(=O)NC(C)C(=O)O)c1. The van der Waals surface area contributed by atoms with Crippen molar-refractivity contribution in [3.8, 4) is 5.75 Å². The Bertz CT molecular complexity index is 482. The van der Waals surface area contributed by atoms with Crippen molar-refractivity contribution >= 4 is 18.0 Å². The van der Waals surface area contributed by atoms with Gasteiger partial charge in [-0.05, 0) is 37.6 Å². The largest absolute Gasteiger partial charge is 0.494 e. The second-order valence-corrected chi connectivity index (χ2v) is 3.91. The van der Waals surface area contributed by atoms with Gasteiger partial charge in [0.2, 0.25) is 5.91 Å². The first kappa shape index (κ1) is 14.8. The Hall–Kier alpha value is -2.30. The van der Waals surface area contributed by atoms with E-state index in [1.54, 1.807) is 12.1 Å². The third kappa shape index (κ3) is 5.25. The van der Waals surface area contributed by atoms with Crippen molar-refractivity contribution < 1.29 is 19.4 Å². The van der Waals surface area contributed by atoms with Gasteiger partial charge in [-0.3, -0.25) is 9.59 Å². The Morgan fingerprint density at radius 3 is 2.84 bits per heavy atom. The fraction of sp³-hybridized carbons (Fsp3) is 0.286. The number of aliphatic carboxylic acids is 1. The summed E-state index contributed by atoms with van der Waals surface area (Å²) in [4.78, 5) is 22.0. The number of nitrogens with one attached hydrogen (secondary N) is 1. The fourth-order valence-electron chi connectivity index (χ4n) is 1.37. The number of carbonyl (C=O) groups is 2. The molecule has 1 atom stereocenters. The van der Waals surface area contributed by atoms with E-state index in [1.165, 1.54) is 13.0 Å². The van der Waals surface area contributed by atoms with E-state index in [9.17, 15) is 9.59 Å². The lowest BCUT2D eigenvalue weighted by Gasteiger charge is -2.06. The molecule has 0 radical (unpaired) electrons. The van der Waals surface area contributed by atoms with Crippen LogP contribution in [-0.2, 0) is 9.59 Å². The summed E-state index contributed by atoms with van der Waals surface area (Å²) in [6.07, 6.45) is 2.90. The van der Waals surface area contributed by atoms with Crippen LogP contribution in [0.2, 0.25) is 0 Å². The number of carboxylic acid groups (broad SMARTS) is 1. The molecule has 0 aliphatic carbocycles. The quantitative estimate of drug-likeness (QED) is 0.766. The molecule has 1 rings (SSSR count). The van der Waals surface area contributed by atoms with Gasteiger partial charge in [0.15, 0.2) is 0 Å². The molecule has 2 N–H and O–H groups in total. The number of hydrogen-bond donors (Lipinski definition) is 2. The Balaban J connectivity index is 2.63. The van der Waals surface area contributed by atoms with Gasteiger partial charge in [-0.15, -0.1) is 0 Å². The monoisotopic (exact) mass is 263 g/mol. The molecule has 1 amide bonds. The highest BCUT2D eigenvalue weighted by Gasteiger charge is 2.11. The number of hydrogen-bond acceptors (Lipinski definition) is 3. The topological polar surface area (TPSA) is 75.6 Å². The summed E-state index contributed by atoms with van der Waals surface area (Å²) >= 11 is 0. The summed E-state index contributed by atoms with van der Waals surface area (Å²) in [5.74, 6) is -0.791. The third-order valence-corrected chi connectivity index (χ3v) is 2.33. The molecule has 1 unspecified atom stereocenters. The summed E-state index contributed by atoms with van der Waals surface area (Å²) in [6, 6.07) is 6.36. The highest BCUT2D eigenvalue weighted by Crippen LogP contribution is 2.14. The van der Waals surface area contributed by atoms with Gasteiger partial charge in [-0.1, -0.05) is 12.1 Å². The van der Waals surface area contributed by atoms with Crippen LogP contribution in [0.4, 0.5) is 0 Å². The minimum absolute atomic E-state index is 0.447. The van der Waals surface area contributed by atoms with Crippen LogP contribution in [-0.4, -0.2) is 29.6 Å². The normalized spacial score (nSPS) is 12.1. The predicted octanol–water partition coefficient (Wildman–Crippen LogP) is 1.69. The van der Waals surface area contributed by atoms with Crippen molar-refractivity contribution in [1.82, 2.24) is 5.32 Å². The molecule has 1 aromatic rings. The number of amides is 1. The second-order valence-electron chi connectivity index (χ2n) is 3.91. The second kappa shape index (κ2) is 7.20. The number of carbonyl (C=O) groups excluding carboxylic acids is 1. The predicted molar refractivity (Wildman–Crippen MR) is 71.9 cm³/mol. The van der Waals surface area contributed by atoms with E-state index >= 15 is 0 Å². The van der Waals surface area contributed by atoms with E-state index in [4.69, 9.17) is 9.84 Å². The van der Waals surface area contributed by atoms with Crippen LogP contribution < -0.4 is 10.1 Å². The van der Waals surface area contributed by atoms with Gasteiger partial charge in [-0.2, -0.15) is 0 Å². The zero-order chi connectivity index (χ0) is 14.3. The lowest BCUT2D eigenvalue weighted by molar-refractivity contribution is -0.140. The average molecular weight is 263 g/mol. The van der Waals surface area contributed by atoms with Gasteiger partial charge in [0.25, 0.3) is 0 Å². The third-order valence-electron chi connectivity index (χ3n) is 2.33. The van der Waals surface area contributed by atoms with Gasteiger partial charge in [0.1, 0.15) is 11.8 Å². The Kier molecular flexibility index (Phi) is 5.60. The number of rotatable bonds is 6. The molecule has 5 nitrogen and oxygen atoms in total. The van der Waals surface area contributed by atoms with Crippen LogP contribution in [0.25, 0.3) is 6.08 Å². The van der Waals surface area contributed by atoms with Crippen LogP contribution in [0.15, 0.2) is 30.3 Å². The zero-order valence-electron chi connectivity index (χ0n) is 10.9. The first-order valence-electron chi connectivity index (χ1n) is 5.97. The minimum Gasteiger partial charge on any atom is -0.494 e. The average Bonchev–Trinajstić information content (AvgIpc) is 2.37. The lowest BCUT2D eigenvalue weighted by Crippen LogP contribution is -2.37. The van der Waals surface area contributed by atoms with E-state index in [-0.39, 0.29) is 0 Å². The lowest BCUT2D eigenvalue weighted by atomic mass is 10.2. The first-order chi connectivity index (χ1) is 9.02. The Labute approximate surface area is 111 Å². The van der Waals surface area contributed by atoms with Crippen LogP contribution >= 0.6 is 0 Å². The van der Waals surface area contributed by atoms with Crippen molar-refractivity contribution in [3.63, 3.8) is 0 Å². The molecule has 19 heavy (non-hydrogen) atoms. The molecular weight excluding hydrogens is 246 g/mol. The molecule has 102 valence electrons. The summed E-state index contributed by atoms with van der Waals surface area (Å²) in [5, 5.41) is 11.0. The molecule has 0 aliphatic rings. The standard InChI is InChI=1S/C14H17NO4/c1-3-19-12-6-4-5-11(9-12)7-8-13(16)15-10(2)14(17)18/h4-10H,3H2,1-2H3,(H,15,16)(H,17,18)/b8-7+. The molecule has 1 aromatic carbocycles. The van der Waals surface area contributed by atoms with Crippen molar-refractivity contribution in [1.29, 1.82) is 0 Å². The highest BCUT2D eigenvalue weighted by atomic mass is 16.5. The molecule has 0 spiro atoms. The molecule has 0 saturated carbocycles. The van der Waals surface area contributed by atoms with Gasteiger partial charge in [-0.25, -0.2) is 0 Å². The van der Waals surface area contributed by atoms with Crippen LogP contribution in [0.3, 0.4) is 0 Å². The molecule has 0 bridgehead atoms. The van der Waals surface area contributed by atoms with E-state index in [0.717, 1.165) is 11.3 Å². The maximum atomic E-state index is 11.4. The van der Waals surface area contributed by atoms with Crippen molar-refractivity contribution in [3.05, 3.63) is 35.9 Å². The molecule has 0 saturated heterocycles. The number of ether oxygens (including phenoxy) is 1. The molecule has 0 aromatic heterocycles. The van der Waals surface area contributed by atoms with E-state index in [0.29, 0.717) is 6.61 Å². The molecule has 0 aliphatic heterocycles. The number of benzene rings is 1. The summed E-state index contributed by atoms with van der Waals surface area (Å²) in [5.41, 5.74) is 0.809. The molecule has 0 fully saturated rings. The van der Waals surface area contributed by atoms with E-state index in [1.807, 2.05) is 25.1 Å². The van der Waals surface area contributed by atoms with Crippen LogP contribution in [0.1, 0.15) is 19.4 Å². The first-order valence-corrected chi connectivity index (χ1v) is 5.97. The van der Waals surface area contributed by atoms with E-state index in [2.05, 4.69) is 5.32 Å². The maximum absolute atomic E-state index is 11.4.